The van der Waals surface area contributed by atoms with Crippen molar-refractivity contribution in [2.75, 3.05) is 10.7 Å². The molecule has 3 rings (SSSR count). The van der Waals surface area contributed by atoms with Crippen LogP contribution in [0.25, 0.3) is 5.65 Å². The van der Waals surface area contributed by atoms with Crippen molar-refractivity contribution in [2.45, 2.75) is 0 Å². The third-order valence-corrected chi connectivity index (χ3v) is 3.20. The fourth-order valence-corrected chi connectivity index (χ4v) is 2.17. The summed E-state index contributed by atoms with van der Waals surface area (Å²) < 4.78 is 16.3. The SMILES string of the molecule is NNc1cn2ccnc2c(Nc2cc(Br)ccc2F)n1. The third kappa shape index (κ3) is 2.30. The van der Waals surface area contributed by atoms with E-state index >= 15 is 0 Å². The zero-order valence-corrected chi connectivity index (χ0v) is 11.7. The number of nitrogens with zero attached hydrogens (tertiary/aromatic N) is 3. The first-order valence-corrected chi connectivity index (χ1v) is 6.49. The average Bonchev–Trinajstić information content (AvgIpc) is 2.91. The van der Waals surface area contributed by atoms with Gasteiger partial charge >= 0.3 is 0 Å². The van der Waals surface area contributed by atoms with Crippen LogP contribution in [0.4, 0.5) is 21.7 Å². The molecule has 0 unspecified atom stereocenters. The van der Waals surface area contributed by atoms with E-state index in [0.29, 0.717) is 23.0 Å². The number of imidazole rings is 1. The van der Waals surface area contributed by atoms with Crippen molar-refractivity contribution in [3.8, 4) is 0 Å². The van der Waals surface area contributed by atoms with Crippen LogP contribution in [0.15, 0.2) is 41.3 Å². The summed E-state index contributed by atoms with van der Waals surface area (Å²) in [6.45, 7) is 0. The van der Waals surface area contributed by atoms with Crippen molar-refractivity contribution in [3.05, 3.63) is 47.1 Å². The Morgan fingerprint density at radius 2 is 2.20 bits per heavy atom. The van der Waals surface area contributed by atoms with E-state index in [9.17, 15) is 4.39 Å². The highest BCUT2D eigenvalue weighted by molar-refractivity contribution is 9.10. The van der Waals surface area contributed by atoms with Crippen molar-refractivity contribution >= 4 is 38.9 Å². The quantitative estimate of drug-likeness (QED) is 0.506. The molecule has 20 heavy (non-hydrogen) atoms. The van der Waals surface area contributed by atoms with Gasteiger partial charge in [0.25, 0.3) is 0 Å². The van der Waals surface area contributed by atoms with E-state index in [1.165, 1.54) is 6.07 Å². The Bertz CT molecular complexity index is 772. The number of aromatic nitrogens is 3. The number of fused-ring (bicyclic) bond motifs is 1. The van der Waals surface area contributed by atoms with E-state index in [2.05, 4.69) is 36.6 Å². The van der Waals surface area contributed by atoms with Gasteiger partial charge in [-0.2, -0.15) is 0 Å². The highest BCUT2D eigenvalue weighted by Crippen LogP contribution is 2.25. The maximum Gasteiger partial charge on any atom is 0.180 e. The molecule has 0 aliphatic carbocycles. The molecule has 6 nitrogen and oxygen atoms in total. The Morgan fingerprint density at radius 3 is 3.00 bits per heavy atom. The normalized spacial score (nSPS) is 10.8. The van der Waals surface area contributed by atoms with Gasteiger partial charge in [-0.3, -0.25) is 0 Å². The smallest absolute Gasteiger partial charge is 0.180 e. The Hall–Kier alpha value is -2.19. The summed E-state index contributed by atoms with van der Waals surface area (Å²) in [6.07, 6.45) is 5.06. The number of benzene rings is 1. The molecule has 0 aliphatic rings. The fraction of sp³-hybridized carbons (Fsp3) is 0. The van der Waals surface area contributed by atoms with Crippen molar-refractivity contribution in [2.24, 2.45) is 5.84 Å². The number of hydrazine groups is 1. The molecule has 1 aromatic carbocycles. The minimum absolute atomic E-state index is 0.297. The number of nitrogen functional groups attached to an aromatic ring is 1. The van der Waals surface area contributed by atoms with Crippen molar-refractivity contribution in [3.63, 3.8) is 0 Å². The second kappa shape index (κ2) is 5.06. The first-order chi connectivity index (χ1) is 9.67. The predicted molar refractivity (Wildman–Crippen MR) is 78.2 cm³/mol. The van der Waals surface area contributed by atoms with E-state index in [1.807, 2.05) is 0 Å². The van der Waals surface area contributed by atoms with E-state index in [1.54, 1.807) is 35.1 Å². The second-order valence-electron chi connectivity index (χ2n) is 4.03. The number of rotatable bonds is 3. The molecule has 3 aromatic rings. The summed E-state index contributed by atoms with van der Waals surface area (Å²) in [5, 5.41) is 2.92. The van der Waals surface area contributed by atoms with Crippen LogP contribution in [0.2, 0.25) is 0 Å². The summed E-state index contributed by atoms with van der Waals surface area (Å²) in [5.41, 5.74) is 3.33. The van der Waals surface area contributed by atoms with E-state index in [4.69, 9.17) is 5.84 Å². The standard InChI is InChI=1S/C12H10BrFN6/c13-7-1-2-8(14)9(5-7)17-11-12-16-3-4-20(12)6-10(18-11)19-15/h1-6,19H,15H2,(H,17,18). The lowest BCUT2D eigenvalue weighted by Gasteiger charge is -2.10. The highest BCUT2D eigenvalue weighted by Gasteiger charge is 2.10. The van der Waals surface area contributed by atoms with Gasteiger partial charge in [0.15, 0.2) is 17.3 Å². The van der Waals surface area contributed by atoms with Crippen LogP contribution >= 0.6 is 15.9 Å². The molecule has 0 saturated carbocycles. The molecule has 0 atom stereocenters. The molecule has 2 aromatic heterocycles. The lowest BCUT2D eigenvalue weighted by Crippen LogP contribution is -2.11. The molecular formula is C12H10BrFN6. The molecule has 0 saturated heterocycles. The topological polar surface area (TPSA) is 80.3 Å². The molecule has 0 bridgehead atoms. The van der Waals surface area contributed by atoms with Gasteiger partial charge in [-0.25, -0.2) is 20.2 Å². The van der Waals surface area contributed by atoms with Crippen LogP contribution < -0.4 is 16.6 Å². The van der Waals surface area contributed by atoms with Crippen LogP contribution in [0.1, 0.15) is 0 Å². The van der Waals surface area contributed by atoms with E-state index in [0.717, 1.165) is 4.47 Å². The molecule has 4 N–H and O–H groups in total. The van der Waals surface area contributed by atoms with Crippen LogP contribution in [0.5, 0.6) is 0 Å². The number of halogens is 2. The first-order valence-electron chi connectivity index (χ1n) is 5.70. The Balaban J connectivity index is 2.09. The third-order valence-electron chi connectivity index (χ3n) is 2.70. The lowest BCUT2D eigenvalue weighted by molar-refractivity contribution is 0.631. The van der Waals surface area contributed by atoms with Gasteiger partial charge in [0.1, 0.15) is 5.82 Å². The zero-order chi connectivity index (χ0) is 14.1. The van der Waals surface area contributed by atoms with Gasteiger partial charge in [-0.05, 0) is 18.2 Å². The average molecular weight is 337 g/mol. The van der Waals surface area contributed by atoms with Gasteiger partial charge in [-0.1, -0.05) is 15.9 Å². The van der Waals surface area contributed by atoms with E-state index < -0.39 is 0 Å². The van der Waals surface area contributed by atoms with Gasteiger partial charge in [0.2, 0.25) is 0 Å². The summed E-state index contributed by atoms with van der Waals surface area (Å²) in [6, 6.07) is 4.61. The van der Waals surface area contributed by atoms with Gasteiger partial charge in [0, 0.05) is 16.9 Å². The minimum atomic E-state index is -0.384. The van der Waals surface area contributed by atoms with Crippen molar-refractivity contribution in [1.29, 1.82) is 0 Å². The fourth-order valence-electron chi connectivity index (χ4n) is 1.81. The molecule has 8 heteroatoms. The van der Waals surface area contributed by atoms with Crippen LogP contribution in [-0.2, 0) is 0 Å². The predicted octanol–water partition coefficient (Wildman–Crippen LogP) is 2.66. The zero-order valence-electron chi connectivity index (χ0n) is 10.1. The highest BCUT2D eigenvalue weighted by atomic mass is 79.9. The number of anilines is 3. The summed E-state index contributed by atoms with van der Waals surface area (Å²) >= 11 is 3.30. The number of hydrogen-bond donors (Lipinski definition) is 3. The second-order valence-corrected chi connectivity index (χ2v) is 4.94. The molecule has 0 fully saturated rings. The summed E-state index contributed by atoms with van der Waals surface area (Å²) in [4.78, 5) is 8.42. The minimum Gasteiger partial charge on any atom is -0.335 e. The molecule has 0 aliphatic heterocycles. The number of nitrogens with two attached hydrogens (primary N) is 1. The van der Waals surface area contributed by atoms with Crippen molar-refractivity contribution < 1.29 is 4.39 Å². The van der Waals surface area contributed by atoms with Crippen LogP contribution in [-0.4, -0.2) is 14.4 Å². The molecule has 0 amide bonds. The molecule has 0 spiro atoms. The lowest BCUT2D eigenvalue weighted by atomic mass is 10.3. The first kappa shape index (κ1) is 12.8. The van der Waals surface area contributed by atoms with Crippen LogP contribution in [0, 0.1) is 5.82 Å². The molecule has 102 valence electrons. The summed E-state index contributed by atoms with van der Waals surface area (Å²) in [5.74, 6) is 5.83. The van der Waals surface area contributed by atoms with Gasteiger partial charge in [0.05, 0.1) is 11.9 Å². The number of hydrogen-bond acceptors (Lipinski definition) is 5. The molecule has 0 radical (unpaired) electrons. The molecule has 2 heterocycles. The van der Waals surface area contributed by atoms with Gasteiger partial charge < -0.3 is 15.1 Å². The Morgan fingerprint density at radius 1 is 1.35 bits per heavy atom. The van der Waals surface area contributed by atoms with E-state index in [-0.39, 0.29) is 5.82 Å². The van der Waals surface area contributed by atoms with Crippen LogP contribution in [0.3, 0.4) is 0 Å². The number of nitrogens with one attached hydrogen (secondary N) is 2. The van der Waals surface area contributed by atoms with Gasteiger partial charge in [-0.15, -0.1) is 0 Å². The maximum atomic E-state index is 13.8. The Labute approximate surface area is 121 Å². The summed E-state index contributed by atoms with van der Waals surface area (Å²) in [7, 11) is 0. The molecular weight excluding hydrogens is 327 g/mol. The maximum absolute atomic E-state index is 13.8. The Kier molecular flexibility index (Phi) is 3.25. The monoisotopic (exact) mass is 336 g/mol. The largest absolute Gasteiger partial charge is 0.335 e. The van der Waals surface area contributed by atoms with Crippen molar-refractivity contribution in [1.82, 2.24) is 14.4 Å².